The molecule has 0 unspecified atom stereocenters. The predicted molar refractivity (Wildman–Crippen MR) is 99.5 cm³/mol. The summed E-state index contributed by atoms with van der Waals surface area (Å²) in [5, 5.41) is 2.95. The van der Waals surface area contributed by atoms with Crippen LogP contribution in [0.2, 0.25) is 0 Å². The highest BCUT2D eigenvalue weighted by Crippen LogP contribution is 2.21. The van der Waals surface area contributed by atoms with E-state index < -0.39 is 0 Å². The van der Waals surface area contributed by atoms with Gasteiger partial charge < -0.3 is 10.2 Å². The van der Waals surface area contributed by atoms with Gasteiger partial charge in [-0.05, 0) is 37.6 Å². The number of rotatable bonds is 6. The maximum Gasteiger partial charge on any atom is 0.229 e. The van der Waals surface area contributed by atoms with Crippen molar-refractivity contribution < 1.29 is 4.39 Å². The molecule has 3 rings (SSSR count). The molecule has 0 saturated carbocycles. The lowest BCUT2D eigenvalue weighted by atomic mass is 10.2. The topological polar surface area (TPSA) is 41.1 Å². The Bertz CT molecular complexity index is 821. The van der Waals surface area contributed by atoms with Gasteiger partial charge in [-0.1, -0.05) is 42.5 Å². The van der Waals surface area contributed by atoms with Crippen LogP contribution in [-0.4, -0.2) is 16.0 Å². The highest BCUT2D eigenvalue weighted by molar-refractivity contribution is 5.55. The van der Waals surface area contributed by atoms with Crippen LogP contribution in [-0.2, 0) is 6.54 Å². The average molecular weight is 336 g/mol. The lowest BCUT2D eigenvalue weighted by Gasteiger charge is -2.28. The van der Waals surface area contributed by atoms with Crippen molar-refractivity contribution in [1.29, 1.82) is 0 Å². The summed E-state index contributed by atoms with van der Waals surface area (Å²) in [5.74, 6) is 0.843. The van der Waals surface area contributed by atoms with Crippen molar-refractivity contribution >= 4 is 17.5 Å². The van der Waals surface area contributed by atoms with Crippen molar-refractivity contribution in [1.82, 2.24) is 9.97 Å². The van der Waals surface area contributed by atoms with Crippen molar-refractivity contribution in [3.05, 3.63) is 78.2 Å². The first-order chi connectivity index (χ1) is 12.1. The average Bonchev–Trinajstić information content (AvgIpc) is 2.62. The summed E-state index contributed by atoms with van der Waals surface area (Å²) in [7, 11) is 0. The third kappa shape index (κ3) is 4.32. The van der Waals surface area contributed by atoms with Crippen LogP contribution < -0.4 is 10.2 Å². The molecule has 0 amide bonds. The number of hydrogen-bond acceptors (Lipinski definition) is 4. The van der Waals surface area contributed by atoms with E-state index in [1.807, 2.05) is 24.3 Å². The van der Waals surface area contributed by atoms with Crippen molar-refractivity contribution in [3.63, 3.8) is 0 Å². The van der Waals surface area contributed by atoms with Gasteiger partial charge in [0.2, 0.25) is 5.95 Å². The molecule has 0 aliphatic heterocycles. The number of para-hydroxylation sites is 1. The van der Waals surface area contributed by atoms with E-state index in [-0.39, 0.29) is 11.9 Å². The number of nitrogens with zero attached hydrogens (tertiary/aromatic N) is 3. The zero-order chi connectivity index (χ0) is 17.6. The Labute approximate surface area is 147 Å². The Hall–Kier alpha value is -2.95. The number of hydrogen-bond donors (Lipinski definition) is 1. The van der Waals surface area contributed by atoms with E-state index in [1.165, 1.54) is 11.6 Å². The highest BCUT2D eigenvalue weighted by atomic mass is 19.1. The summed E-state index contributed by atoms with van der Waals surface area (Å²) in [4.78, 5) is 11.0. The monoisotopic (exact) mass is 336 g/mol. The zero-order valence-corrected chi connectivity index (χ0v) is 14.4. The number of benzene rings is 2. The largest absolute Gasteiger partial charge is 0.350 e. The van der Waals surface area contributed by atoms with Gasteiger partial charge in [-0.2, -0.15) is 4.98 Å². The fourth-order valence-corrected chi connectivity index (χ4v) is 2.56. The highest BCUT2D eigenvalue weighted by Gasteiger charge is 2.14. The molecule has 1 heterocycles. The van der Waals surface area contributed by atoms with E-state index in [4.69, 9.17) is 0 Å². The molecule has 0 radical (unpaired) electrons. The maximum absolute atomic E-state index is 13.8. The van der Waals surface area contributed by atoms with Crippen molar-refractivity contribution in [2.45, 2.75) is 26.4 Å². The van der Waals surface area contributed by atoms with Crippen LogP contribution in [0.1, 0.15) is 19.4 Å². The van der Waals surface area contributed by atoms with Crippen LogP contribution in [0.15, 0.2) is 66.9 Å². The second-order valence-electron chi connectivity index (χ2n) is 6.05. The van der Waals surface area contributed by atoms with Gasteiger partial charge in [0, 0.05) is 18.8 Å². The maximum atomic E-state index is 13.8. The molecule has 0 fully saturated rings. The van der Waals surface area contributed by atoms with Crippen LogP contribution in [0.5, 0.6) is 0 Å². The first kappa shape index (κ1) is 16.9. The summed E-state index contributed by atoms with van der Waals surface area (Å²) < 4.78 is 13.8. The van der Waals surface area contributed by atoms with Gasteiger partial charge in [-0.3, -0.25) is 0 Å². The van der Waals surface area contributed by atoms with E-state index in [9.17, 15) is 4.39 Å². The molecule has 4 nitrogen and oxygen atoms in total. The summed E-state index contributed by atoms with van der Waals surface area (Å²) >= 11 is 0. The van der Waals surface area contributed by atoms with Crippen LogP contribution in [0.4, 0.5) is 21.8 Å². The van der Waals surface area contributed by atoms with E-state index >= 15 is 0 Å². The molecule has 2 aromatic carbocycles. The normalized spacial score (nSPS) is 10.7. The van der Waals surface area contributed by atoms with Gasteiger partial charge in [0.1, 0.15) is 11.6 Å². The first-order valence-electron chi connectivity index (χ1n) is 8.28. The Kier molecular flexibility index (Phi) is 5.23. The molecule has 0 atom stereocenters. The van der Waals surface area contributed by atoms with Crippen LogP contribution in [0.3, 0.4) is 0 Å². The standard InChI is InChI=1S/C20H21FN4/c1-15(2)25(14-16-8-4-3-5-9-16)19-12-13-22-20(24-19)23-18-11-7-6-10-17(18)21/h3-13,15H,14H2,1-2H3,(H,22,23,24). The molecule has 1 N–H and O–H groups in total. The zero-order valence-electron chi connectivity index (χ0n) is 14.4. The van der Waals surface area contributed by atoms with E-state index in [0.29, 0.717) is 11.6 Å². The van der Waals surface area contributed by atoms with Gasteiger partial charge in [0.25, 0.3) is 0 Å². The van der Waals surface area contributed by atoms with Gasteiger partial charge in [-0.25, -0.2) is 9.37 Å². The molecule has 128 valence electrons. The van der Waals surface area contributed by atoms with Crippen molar-refractivity contribution in [2.24, 2.45) is 0 Å². The fourth-order valence-electron chi connectivity index (χ4n) is 2.56. The molecule has 1 aromatic heterocycles. The number of aromatic nitrogens is 2. The van der Waals surface area contributed by atoms with Gasteiger partial charge in [0.15, 0.2) is 0 Å². The van der Waals surface area contributed by atoms with E-state index in [1.54, 1.807) is 24.4 Å². The van der Waals surface area contributed by atoms with Crippen LogP contribution in [0, 0.1) is 5.82 Å². The van der Waals surface area contributed by atoms with Crippen LogP contribution in [0.25, 0.3) is 0 Å². The van der Waals surface area contributed by atoms with Gasteiger partial charge >= 0.3 is 0 Å². The smallest absolute Gasteiger partial charge is 0.229 e. The second-order valence-corrected chi connectivity index (χ2v) is 6.05. The van der Waals surface area contributed by atoms with Crippen molar-refractivity contribution in [2.75, 3.05) is 10.2 Å². The summed E-state index contributed by atoms with van der Waals surface area (Å²) in [6.07, 6.45) is 1.69. The molecule has 0 aliphatic carbocycles. The molecule has 0 spiro atoms. The molecule has 5 heteroatoms. The second kappa shape index (κ2) is 7.75. The van der Waals surface area contributed by atoms with E-state index in [2.05, 4.69) is 46.2 Å². The quantitative estimate of drug-likeness (QED) is 0.704. The van der Waals surface area contributed by atoms with Crippen molar-refractivity contribution in [3.8, 4) is 0 Å². The lowest BCUT2D eigenvalue weighted by molar-refractivity contribution is 0.631. The first-order valence-corrected chi connectivity index (χ1v) is 8.28. The minimum atomic E-state index is -0.332. The molecule has 3 aromatic rings. The fraction of sp³-hybridized carbons (Fsp3) is 0.200. The molecule has 0 aliphatic rings. The Morgan fingerprint density at radius 1 is 1.00 bits per heavy atom. The molecule has 0 bridgehead atoms. The summed E-state index contributed by atoms with van der Waals surface area (Å²) in [6, 6.07) is 18.9. The molecular formula is C20H21FN4. The molecule has 25 heavy (non-hydrogen) atoms. The minimum absolute atomic E-state index is 0.261. The lowest BCUT2D eigenvalue weighted by Crippen LogP contribution is -2.31. The predicted octanol–water partition coefficient (Wildman–Crippen LogP) is 4.77. The van der Waals surface area contributed by atoms with Gasteiger partial charge in [-0.15, -0.1) is 0 Å². The Morgan fingerprint density at radius 3 is 2.44 bits per heavy atom. The third-order valence-electron chi connectivity index (χ3n) is 3.87. The molecular weight excluding hydrogens is 315 g/mol. The summed E-state index contributed by atoms with van der Waals surface area (Å²) in [6.45, 7) is 4.98. The van der Waals surface area contributed by atoms with Crippen LogP contribution >= 0.6 is 0 Å². The Morgan fingerprint density at radius 2 is 1.72 bits per heavy atom. The third-order valence-corrected chi connectivity index (χ3v) is 3.87. The summed E-state index contributed by atoms with van der Waals surface area (Å²) in [5.41, 5.74) is 1.57. The number of nitrogens with one attached hydrogen (secondary N) is 1. The number of anilines is 3. The molecule has 0 saturated heterocycles. The number of halogens is 1. The SMILES string of the molecule is CC(C)N(Cc1ccccc1)c1ccnc(Nc2ccccc2F)n1. The Balaban J connectivity index is 1.84. The van der Waals surface area contributed by atoms with E-state index in [0.717, 1.165) is 12.4 Å². The van der Waals surface area contributed by atoms with Gasteiger partial charge in [0.05, 0.1) is 5.69 Å². The minimum Gasteiger partial charge on any atom is -0.350 e.